The number of hydrogen-bond donors (Lipinski definition) is 2. The quantitative estimate of drug-likeness (QED) is 0.360. The van der Waals surface area contributed by atoms with Crippen LogP contribution in [0.25, 0.3) is 11.1 Å². The number of aliphatic carboxylic acids is 1. The van der Waals surface area contributed by atoms with Gasteiger partial charge in [-0.2, -0.15) is 0 Å². The number of nitrogens with one attached hydrogen (secondary N) is 1. The van der Waals surface area contributed by atoms with Crippen LogP contribution in [-0.4, -0.2) is 75.2 Å². The van der Waals surface area contributed by atoms with Gasteiger partial charge in [-0.25, -0.2) is 9.59 Å². The molecule has 0 aromatic heterocycles. The highest BCUT2D eigenvalue weighted by molar-refractivity contribution is 7.45. The van der Waals surface area contributed by atoms with Gasteiger partial charge in [-0.3, -0.25) is 4.57 Å². The van der Waals surface area contributed by atoms with Crippen LogP contribution < -0.4 is 10.2 Å². The molecule has 0 spiro atoms. The van der Waals surface area contributed by atoms with Gasteiger partial charge < -0.3 is 33.6 Å². The van der Waals surface area contributed by atoms with E-state index in [1.54, 1.807) is 0 Å². The smallest absolute Gasteiger partial charge is 0.407 e. The Morgan fingerprint density at radius 2 is 1.62 bits per heavy atom. The van der Waals surface area contributed by atoms with Crippen LogP contribution in [0.5, 0.6) is 0 Å². The fraction of sp³-hybridized carbons (Fsp3) is 0.391. The number of likely N-dealkylation sites (N-methyl/N-ethyl adjacent to an activating group) is 1. The Kier molecular flexibility index (Phi) is 8.12. The zero-order valence-electron chi connectivity index (χ0n) is 19.3. The van der Waals surface area contributed by atoms with Crippen molar-refractivity contribution in [3.05, 3.63) is 59.7 Å². The number of carboxylic acid groups (broad SMARTS) is 1. The number of amides is 1. The molecule has 1 aliphatic carbocycles. The van der Waals surface area contributed by atoms with Crippen LogP contribution in [0.3, 0.4) is 0 Å². The van der Waals surface area contributed by atoms with Gasteiger partial charge in [0, 0.05) is 5.92 Å². The van der Waals surface area contributed by atoms with Crippen molar-refractivity contribution in [2.75, 3.05) is 47.5 Å². The van der Waals surface area contributed by atoms with Gasteiger partial charge in [-0.1, -0.05) is 48.5 Å². The lowest BCUT2D eigenvalue weighted by Gasteiger charge is -2.28. The molecule has 0 radical (unpaired) electrons. The molecule has 11 heteroatoms. The minimum absolute atomic E-state index is 0.0126. The summed E-state index contributed by atoms with van der Waals surface area (Å²) in [7, 11) is 0.843. The van der Waals surface area contributed by atoms with Gasteiger partial charge in [0.25, 0.3) is 7.82 Å². The van der Waals surface area contributed by atoms with Gasteiger partial charge in [-0.15, -0.1) is 0 Å². The fourth-order valence-corrected chi connectivity index (χ4v) is 4.30. The van der Waals surface area contributed by atoms with Crippen molar-refractivity contribution >= 4 is 19.9 Å². The summed E-state index contributed by atoms with van der Waals surface area (Å²) in [5.41, 5.74) is 4.13. The van der Waals surface area contributed by atoms with Crippen molar-refractivity contribution in [1.82, 2.24) is 5.32 Å². The molecule has 0 aliphatic heterocycles. The van der Waals surface area contributed by atoms with E-state index in [0.29, 0.717) is 11.0 Å². The van der Waals surface area contributed by atoms with Crippen LogP contribution in [0.1, 0.15) is 17.0 Å². The summed E-state index contributed by atoms with van der Waals surface area (Å²) in [6.07, 6.45) is -0.996. The van der Waals surface area contributed by atoms with Crippen LogP contribution in [0.2, 0.25) is 0 Å². The van der Waals surface area contributed by atoms with Crippen LogP contribution in [-0.2, 0) is 23.1 Å². The van der Waals surface area contributed by atoms with E-state index in [1.165, 1.54) is 0 Å². The lowest BCUT2D eigenvalue weighted by atomic mass is 9.98. The number of fused-ring (bicyclic) bond motifs is 3. The number of nitrogens with zero attached hydrogens (tertiary/aromatic N) is 1. The Balaban J connectivity index is 1.55. The van der Waals surface area contributed by atoms with E-state index in [0.717, 1.165) is 22.3 Å². The van der Waals surface area contributed by atoms with Crippen molar-refractivity contribution in [2.24, 2.45) is 0 Å². The summed E-state index contributed by atoms with van der Waals surface area (Å²) in [6.45, 7) is -0.566. The van der Waals surface area contributed by atoms with Gasteiger partial charge in [0.05, 0.1) is 27.7 Å². The van der Waals surface area contributed by atoms with E-state index in [2.05, 4.69) is 9.84 Å². The van der Waals surface area contributed by atoms with Gasteiger partial charge in [0.15, 0.2) is 6.04 Å². The molecule has 0 bridgehead atoms. The van der Waals surface area contributed by atoms with Gasteiger partial charge in [-0.05, 0) is 22.3 Å². The predicted molar refractivity (Wildman–Crippen MR) is 122 cm³/mol. The molecule has 2 unspecified atom stereocenters. The third-order valence-electron chi connectivity index (χ3n) is 5.34. The summed E-state index contributed by atoms with van der Waals surface area (Å²) in [5, 5.41) is 11.5. The maximum Gasteiger partial charge on any atom is 0.407 e. The molecule has 2 aromatic carbocycles. The van der Waals surface area contributed by atoms with Gasteiger partial charge >= 0.3 is 12.1 Å². The molecule has 0 heterocycles. The first-order chi connectivity index (χ1) is 16.0. The first-order valence-corrected chi connectivity index (χ1v) is 12.2. The first-order valence-electron chi connectivity index (χ1n) is 10.7. The number of carbonyl (C=O) groups is 2. The topological polar surface area (TPSA) is 134 Å². The lowest BCUT2D eigenvalue weighted by molar-refractivity contribution is -0.870. The second-order valence-electron chi connectivity index (χ2n) is 8.95. The molecule has 2 atom stereocenters. The highest BCUT2D eigenvalue weighted by Crippen LogP contribution is 2.44. The van der Waals surface area contributed by atoms with Crippen molar-refractivity contribution in [3.63, 3.8) is 0 Å². The average molecular weight is 492 g/mol. The highest BCUT2D eigenvalue weighted by atomic mass is 31.2. The minimum atomic E-state index is -4.74. The summed E-state index contributed by atoms with van der Waals surface area (Å²) in [5.74, 6) is -1.67. The maximum absolute atomic E-state index is 12.3. The largest absolute Gasteiger partial charge is 0.756 e. The van der Waals surface area contributed by atoms with E-state index < -0.39 is 32.5 Å². The second-order valence-corrected chi connectivity index (χ2v) is 10.4. The third kappa shape index (κ3) is 6.88. The lowest BCUT2D eigenvalue weighted by Crippen LogP contribution is -2.44. The molecule has 2 aromatic rings. The number of phosphoric acid groups is 1. The van der Waals surface area contributed by atoms with Gasteiger partial charge in [0.1, 0.15) is 19.8 Å². The number of carbonyl (C=O) groups excluding carboxylic acids is 1. The van der Waals surface area contributed by atoms with E-state index in [1.807, 2.05) is 69.7 Å². The molecule has 34 heavy (non-hydrogen) atoms. The van der Waals surface area contributed by atoms with Crippen molar-refractivity contribution < 1.29 is 42.4 Å². The molecule has 2 N–H and O–H groups in total. The molecule has 0 saturated heterocycles. The summed E-state index contributed by atoms with van der Waals surface area (Å²) >= 11 is 0. The van der Waals surface area contributed by atoms with E-state index in [-0.39, 0.29) is 19.1 Å². The van der Waals surface area contributed by atoms with Crippen LogP contribution in [0.15, 0.2) is 48.5 Å². The SMILES string of the molecule is C[N+](C)(C)CCOP(=O)([O-])OCC(NC(=O)OCC1c2ccccc2-c2ccccc21)C(=O)O. The number of ether oxygens (including phenoxy) is 1. The monoisotopic (exact) mass is 492 g/mol. The molecule has 184 valence electrons. The molecular formula is C23H29N2O8P. The van der Waals surface area contributed by atoms with E-state index in [9.17, 15) is 24.2 Å². The van der Waals surface area contributed by atoms with Gasteiger partial charge in [0.2, 0.25) is 0 Å². The fourth-order valence-electron chi connectivity index (χ4n) is 3.59. The Hall–Kier alpha value is -2.75. The minimum Gasteiger partial charge on any atom is -0.756 e. The standard InChI is InChI=1S/C23H29N2O8P/c1-25(2,3)12-13-32-34(29,30)33-15-21(22(26)27)24-23(28)31-14-20-18-10-6-4-8-16(18)17-9-5-7-11-19(17)20/h4-11,20-21H,12-15H2,1-3H3,(H2-,24,26,27,28,29,30). The van der Waals surface area contributed by atoms with E-state index >= 15 is 0 Å². The molecule has 1 aliphatic rings. The number of quaternary nitrogens is 1. The summed E-state index contributed by atoms with van der Waals surface area (Å²) in [4.78, 5) is 35.7. The molecule has 0 saturated carbocycles. The third-order valence-corrected chi connectivity index (χ3v) is 6.31. The van der Waals surface area contributed by atoms with Crippen LogP contribution in [0.4, 0.5) is 4.79 Å². The Bertz CT molecular complexity index is 1040. The highest BCUT2D eigenvalue weighted by Gasteiger charge is 2.30. The van der Waals surface area contributed by atoms with Crippen molar-refractivity contribution in [1.29, 1.82) is 0 Å². The predicted octanol–water partition coefficient (Wildman–Crippen LogP) is 2.19. The number of hydrogen-bond acceptors (Lipinski definition) is 7. The normalized spacial score (nSPS) is 15.6. The summed E-state index contributed by atoms with van der Waals surface area (Å²) < 4.78 is 27.1. The zero-order valence-corrected chi connectivity index (χ0v) is 20.2. The zero-order chi connectivity index (χ0) is 24.9. The number of rotatable bonds is 11. The molecular weight excluding hydrogens is 463 g/mol. The Labute approximate surface area is 198 Å². The number of carboxylic acids is 1. The molecule has 10 nitrogen and oxygen atoms in total. The number of alkyl carbamates (subject to hydrolysis) is 1. The molecule has 0 fully saturated rings. The summed E-state index contributed by atoms with van der Waals surface area (Å²) in [6, 6.07) is 13.9. The molecule has 1 amide bonds. The van der Waals surface area contributed by atoms with E-state index in [4.69, 9.17) is 9.26 Å². The second kappa shape index (κ2) is 10.7. The van der Waals surface area contributed by atoms with Crippen molar-refractivity contribution in [3.8, 4) is 11.1 Å². The van der Waals surface area contributed by atoms with Crippen molar-refractivity contribution in [2.45, 2.75) is 12.0 Å². The number of phosphoric ester groups is 1. The first kappa shape index (κ1) is 25.9. The maximum atomic E-state index is 12.3. The van der Waals surface area contributed by atoms with Crippen LogP contribution >= 0.6 is 7.82 Å². The average Bonchev–Trinajstić information content (AvgIpc) is 3.08. The molecule has 3 rings (SSSR count). The Morgan fingerprint density at radius 3 is 2.15 bits per heavy atom. The Morgan fingerprint density at radius 1 is 1.06 bits per heavy atom. The number of benzene rings is 2. The van der Waals surface area contributed by atoms with Crippen LogP contribution in [0, 0.1) is 0 Å².